The number of alkyl halides is 1. The molecule has 1 aliphatic heterocycles. The first kappa shape index (κ1) is 12.7. The molecule has 0 saturated carbocycles. The van der Waals surface area contributed by atoms with Gasteiger partial charge in [0.05, 0.1) is 11.1 Å². The van der Waals surface area contributed by atoms with Crippen LogP contribution in [-0.4, -0.2) is 28.8 Å². The molecule has 3 rings (SSSR count). The molecule has 0 unspecified atom stereocenters. The van der Waals surface area contributed by atoms with Crippen LogP contribution in [0.3, 0.4) is 0 Å². The van der Waals surface area contributed by atoms with Gasteiger partial charge in [0.1, 0.15) is 11.7 Å². The number of nitrogens with zero attached hydrogens (tertiary/aromatic N) is 1. The third-order valence-electron chi connectivity index (χ3n) is 3.73. The Bertz CT molecular complexity index is 678. The zero-order valence-corrected chi connectivity index (χ0v) is 11.3. The summed E-state index contributed by atoms with van der Waals surface area (Å²) in [6.45, 7) is 2.83. The lowest BCUT2D eigenvalue weighted by Gasteiger charge is -2.28. The van der Waals surface area contributed by atoms with Crippen LogP contribution in [-0.2, 0) is 0 Å². The fourth-order valence-corrected chi connectivity index (χ4v) is 2.88. The molecule has 2 N–H and O–H groups in total. The zero-order chi connectivity index (χ0) is 13.6. The number of hydrogen-bond acceptors (Lipinski definition) is 2. The van der Waals surface area contributed by atoms with Crippen LogP contribution in [0.5, 0.6) is 0 Å². The summed E-state index contributed by atoms with van der Waals surface area (Å²) >= 11 is 6.12. The molecule has 0 aliphatic carbocycles. The predicted molar refractivity (Wildman–Crippen MR) is 73.7 cm³/mol. The third-order valence-corrected chi connectivity index (χ3v) is 4.22. The highest BCUT2D eigenvalue weighted by molar-refractivity contribution is 6.36. The first-order valence-corrected chi connectivity index (χ1v) is 6.71. The van der Waals surface area contributed by atoms with Crippen LogP contribution in [0.25, 0.3) is 10.9 Å². The molecule has 4 nitrogen and oxygen atoms in total. The first-order chi connectivity index (χ1) is 9.09. The Hall–Kier alpha value is -1.33. The van der Waals surface area contributed by atoms with Crippen molar-refractivity contribution in [2.45, 2.75) is 25.6 Å². The average Bonchev–Trinajstić information content (AvgIpc) is 2.69. The van der Waals surface area contributed by atoms with E-state index in [0.29, 0.717) is 28.9 Å². The van der Waals surface area contributed by atoms with Gasteiger partial charge in [0, 0.05) is 23.8 Å². The van der Waals surface area contributed by atoms with E-state index < -0.39 is 12.2 Å². The maximum atomic E-state index is 13.9. The van der Waals surface area contributed by atoms with E-state index in [-0.39, 0.29) is 5.56 Å². The van der Waals surface area contributed by atoms with E-state index in [0.717, 1.165) is 12.2 Å². The highest BCUT2D eigenvalue weighted by atomic mass is 35.5. The van der Waals surface area contributed by atoms with Gasteiger partial charge < -0.3 is 14.9 Å². The highest BCUT2D eigenvalue weighted by Crippen LogP contribution is 2.26. The second kappa shape index (κ2) is 4.65. The maximum Gasteiger partial charge on any atom is 0.275 e. The van der Waals surface area contributed by atoms with Gasteiger partial charge in [-0.15, -0.1) is 0 Å². The van der Waals surface area contributed by atoms with Crippen molar-refractivity contribution < 1.29 is 4.39 Å². The number of rotatable bonds is 1. The molecule has 0 spiro atoms. The molecule has 0 amide bonds. The molecule has 2 aromatic heterocycles. The van der Waals surface area contributed by atoms with Crippen molar-refractivity contribution in [1.29, 1.82) is 0 Å². The van der Waals surface area contributed by atoms with Crippen LogP contribution in [0.2, 0.25) is 5.02 Å². The second-order valence-corrected chi connectivity index (χ2v) is 5.33. The molecule has 0 bridgehead atoms. The Balaban J connectivity index is 2.15. The molecule has 0 aromatic carbocycles. The Morgan fingerprint density at radius 2 is 2.32 bits per heavy atom. The molecule has 1 aliphatic rings. The SMILES string of the molecule is Cc1[nH]c2c(=O)n([C@@H]3CCNC[C@H]3F)ccc2c1Cl. The smallest absolute Gasteiger partial charge is 0.275 e. The molecule has 2 aromatic rings. The van der Waals surface area contributed by atoms with Gasteiger partial charge in [-0.25, -0.2) is 4.39 Å². The van der Waals surface area contributed by atoms with Crippen LogP contribution in [0.15, 0.2) is 17.1 Å². The number of aromatic amines is 1. The first-order valence-electron chi connectivity index (χ1n) is 6.33. The molecule has 6 heteroatoms. The molecule has 3 heterocycles. The third kappa shape index (κ3) is 1.97. The van der Waals surface area contributed by atoms with Gasteiger partial charge in [-0.1, -0.05) is 11.6 Å². The van der Waals surface area contributed by atoms with Crippen molar-refractivity contribution in [3.8, 4) is 0 Å². The molecule has 19 heavy (non-hydrogen) atoms. The van der Waals surface area contributed by atoms with Gasteiger partial charge in [0.15, 0.2) is 0 Å². The largest absolute Gasteiger partial charge is 0.353 e. The van der Waals surface area contributed by atoms with Crippen LogP contribution < -0.4 is 10.9 Å². The van der Waals surface area contributed by atoms with Crippen molar-refractivity contribution in [2.75, 3.05) is 13.1 Å². The molecular weight excluding hydrogens is 269 g/mol. The van der Waals surface area contributed by atoms with E-state index in [9.17, 15) is 9.18 Å². The predicted octanol–water partition coefficient (Wildman–Crippen LogP) is 2.16. The number of aromatic nitrogens is 2. The average molecular weight is 284 g/mol. The standard InChI is InChI=1S/C13H15ClFN3O/c1-7-11(14)8-3-5-18(13(19)12(8)17-7)10-2-4-16-6-9(10)15/h3,5,9-10,16-17H,2,4,6H2,1H3/t9-,10-/m1/s1. The summed E-state index contributed by atoms with van der Waals surface area (Å²) in [7, 11) is 0. The minimum absolute atomic E-state index is 0.206. The van der Waals surface area contributed by atoms with E-state index in [1.165, 1.54) is 4.57 Å². The van der Waals surface area contributed by atoms with Gasteiger partial charge in [-0.05, 0) is 26.0 Å². The van der Waals surface area contributed by atoms with Gasteiger partial charge >= 0.3 is 0 Å². The fourth-order valence-electron chi connectivity index (χ4n) is 2.68. The maximum absolute atomic E-state index is 13.9. The number of halogens is 2. The van der Waals surface area contributed by atoms with Gasteiger partial charge in [-0.3, -0.25) is 4.79 Å². The number of fused-ring (bicyclic) bond motifs is 1. The fraction of sp³-hybridized carbons (Fsp3) is 0.462. The Morgan fingerprint density at radius 3 is 3.05 bits per heavy atom. The summed E-state index contributed by atoms with van der Waals surface area (Å²) in [5.41, 5.74) is 1.01. The van der Waals surface area contributed by atoms with E-state index in [2.05, 4.69) is 10.3 Å². The molecule has 102 valence electrons. The molecule has 2 atom stereocenters. The second-order valence-electron chi connectivity index (χ2n) is 4.96. The minimum Gasteiger partial charge on any atom is -0.353 e. The molecule has 0 radical (unpaired) electrons. The molecule has 1 saturated heterocycles. The van der Waals surface area contributed by atoms with E-state index in [1.807, 2.05) is 6.92 Å². The number of nitrogens with one attached hydrogen (secondary N) is 2. The number of piperidine rings is 1. The van der Waals surface area contributed by atoms with Crippen molar-refractivity contribution in [3.63, 3.8) is 0 Å². The highest BCUT2D eigenvalue weighted by Gasteiger charge is 2.27. The molecule has 1 fully saturated rings. The normalized spacial score (nSPS) is 23.9. The summed E-state index contributed by atoms with van der Waals surface area (Å²) in [5.74, 6) is 0. The van der Waals surface area contributed by atoms with E-state index in [4.69, 9.17) is 11.6 Å². The van der Waals surface area contributed by atoms with Crippen LogP contribution in [0.1, 0.15) is 18.2 Å². The van der Waals surface area contributed by atoms with Crippen LogP contribution in [0.4, 0.5) is 4.39 Å². The Labute approximate surface area is 114 Å². The Kier molecular flexibility index (Phi) is 3.11. The minimum atomic E-state index is -1.05. The van der Waals surface area contributed by atoms with E-state index >= 15 is 0 Å². The summed E-state index contributed by atoms with van der Waals surface area (Å²) < 4.78 is 15.4. The van der Waals surface area contributed by atoms with Gasteiger partial charge in [0.2, 0.25) is 0 Å². The number of hydrogen-bond donors (Lipinski definition) is 2. The summed E-state index contributed by atoms with van der Waals surface area (Å²) in [4.78, 5) is 15.4. The lowest BCUT2D eigenvalue weighted by molar-refractivity contribution is 0.181. The summed E-state index contributed by atoms with van der Waals surface area (Å²) in [5, 5.41) is 4.24. The van der Waals surface area contributed by atoms with Crippen molar-refractivity contribution in [1.82, 2.24) is 14.9 Å². The van der Waals surface area contributed by atoms with E-state index in [1.54, 1.807) is 12.3 Å². The van der Waals surface area contributed by atoms with Crippen LogP contribution in [0, 0.1) is 6.92 Å². The van der Waals surface area contributed by atoms with Crippen LogP contribution >= 0.6 is 11.6 Å². The van der Waals surface area contributed by atoms with Crippen molar-refractivity contribution in [3.05, 3.63) is 33.3 Å². The van der Waals surface area contributed by atoms with Gasteiger partial charge in [-0.2, -0.15) is 0 Å². The monoisotopic (exact) mass is 283 g/mol. The van der Waals surface area contributed by atoms with Crippen molar-refractivity contribution >= 4 is 22.5 Å². The lowest BCUT2D eigenvalue weighted by Crippen LogP contribution is -2.42. The van der Waals surface area contributed by atoms with Gasteiger partial charge in [0.25, 0.3) is 5.56 Å². The number of pyridine rings is 1. The topological polar surface area (TPSA) is 49.8 Å². The summed E-state index contributed by atoms with van der Waals surface area (Å²) in [6.07, 6.45) is 1.21. The lowest BCUT2D eigenvalue weighted by atomic mass is 10.0. The quantitative estimate of drug-likeness (QED) is 0.843. The zero-order valence-electron chi connectivity index (χ0n) is 10.5. The summed E-state index contributed by atoms with van der Waals surface area (Å²) in [6, 6.07) is 1.37. The number of aryl methyl sites for hydroxylation is 1. The Morgan fingerprint density at radius 1 is 1.53 bits per heavy atom. The molecular formula is C13H15ClFN3O. The van der Waals surface area contributed by atoms with Crippen molar-refractivity contribution in [2.24, 2.45) is 0 Å². The number of H-pyrrole nitrogens is 1.